The third kappa shape index (κ3) is 32.3. The van der Waals surface area contributed by atoms with Gasteiger partial charge in [0.1, 0.15) is 13.2 Å². The number of nitrogens with zero attached hydrogens (tertiary/aromatic N) is 1. The number of aliphatic hydroxyl groups is 1. The summed E-state index contributed by atoms with van der Waals surface area (Å²) in [6.45, 7) is 4.37. The Kier molecular flexibility index (Phi) is 28.7. The zero-order valence-electron chi connectivity index (χ0n) is 30.2. The fraction of sp³-hybridized carbons (Fsp3) is 0.658. The molecule has 0 aromatic heterocycles. The lowest BCUT2D eigenvalue weighted by atomic mass is 10.1. The second kappa shape index (κ2) is 30.0. The fourth-order valence-corrected chi connectivity index (χ4v) is 4.96. The van der Waals surface area contributed by atoms with Gasteiger partial charge in [0.15, 0.2) is 0 Å². The van der Waals surface area contributed by atoms with Gasteiger partial charge < -0.3 is 28.8 Å². The zero-order chi connectivity index (χ0) is 35.1. The highest BCUT2D eigenvalue weighted by Crippen LogP contribution is 2.38. The lowest BCUT2D eigenvalue weighted by molar-refractivity contribution is -0.870. The van der Waals surface area contributed by atoms with E-state index < -0.39 is 26.6 Å². The van der Waals surface area contributed by atoms with Crippen molar-refractivity contribution in [3.63, 3.8) is 0 Å². The summed E-state index contributed by atoms with van der Waals surface area (Å²) >= 11 is 0. The van der Waals surface area contributed by atoms with Gasteiger partial charge in [-0.1, -0.05) is 106 Å². The van der Waals surface area contributed by atoms with Gasteiger partial charge >= 0.3 is 0 Å². The number of hydrogen-bond donors (Lipinski definition) is 2. The van der Waals surface area contributed by atoms with Crippen molar-refractivity contribution in [3.8, 4) is 0 Å². The first kappa shape index (κ1) is 44.9. The van der Waals surface area contributed by atoms with E-state index in [1.54, 1.807) is 6.08 Å². The van der Waals surface area contributed by atoms with Crippen molar-refractivity contribution in [1.82, 2.24) is 5.32 Å². The minimum atomic E-state index is -4.60. The number of carbonyl (C=O) groups is 1. The maximum atomic E-state index is 12.7. The fourth-order valence-electron chi connectivity index (χ4n) is 4.24. The molecule has 3 atom stereocenters. The van der Waals surface area contributed by atoms with Crippen LogP contribution in [0, 0.1) is 0 Å². The van der Waals surface area contributed by atoms with Crippen LogP contribution in [-0.4, -0.2) is 68.5 Å². The van der Waals surface area contributed by atoms with Gasteiger partial charge in [-0.2, -0.15) is 0 Å². The van der Waals surface area contributed by atoms with Crippen LogP contribution >= 0.6 is 7.82 Å². The van der Waals surface area contributed by atoms with Gasteiger partial charge in [-0.05, 0) is 70.6 Å². The lowest BCUT2D eigenvalue weighted by Crippen LogP contribution is -2.45. The van der Waals surface area contributed by atoms with Crippen LogP contribution in [-0.2, 0) is 18.4 Å². The van der Waals surface area contributed by atoms with Gasteiger partial charge in [-0.25, -0.2) is 0 Å². The van der Waals surface area contributed by atoms with Crippen molar-refractivity contribution in [1.29, 1.82) is 0 Å². The molecule has 2 N–H and O–H groups in total. The van der Waals surface area contributed by atoms with Crippen LogP contribution in [0.1, 0.15) is 110 Å². The Balaban J connectivity index is 4.74. The molecule has 3 unspecified atom stereocenters. The largest absolute Gasteiger partial charge is 0.756 e. The molecule has 9 heteroatoms. The van der Waals surface area contributed by atoms with Crippen molar-refractivity contribution in [2.24, 2.45) is 0 Å². The summed E-state index contributed by atoms with van der Waals surface area (Å²) in [6.07, 6.45) is 38.1. The number of aliphatic hydroxyl groups excluding tert-OH is 1. The monoisotopic (exact) mass is 678 g/mol. The molecule has 0 radical (unpaired) electrons. The molecule has 8 nitrogen and oxygen atoms in total. The van der Waals surface area contributed by atoms with Crippen LogP contribution in [0.4, 0.5) is 0 Å². The molecule has 0 aromatic carbocycles. The van der Waals surface area contributed by atoms with Crippen molar-refractivity contribution in [3.05, 3.63) is 72.9 Å². The molecule has 0 fully saturated rings. The third-order valence-corrected chi connectivity index (χ3v) is 8.09. The predicted octanol–water partition coefficient (Wildman–Crippen LogP) is 8.27. The average Bonchev–Trinajstić information content (AvgIpc) is 3.01. The highest BCUT2D eigenvalue weighted by Gasteiger charge is 2.23. The summed E-state index contributed by atoms with van der Waals surface area (Å²) in [4.78, 5) is 25.1. The van der Waals surface area contributed by atoms with Crippen LogP contribution in [0.5, 0.6) is 0 Å². The van der Waals surface area contributed by atoms with E-state index in [0.29, 0.717) is 17.4 Å². The van der Waals surface area contributed by atoms with E-state index >= 15 is 0 Å². The molecule has 270 valence electrons. The third-order valence-electron chi connectivity index (χ3n) is 7.13. The van der Waals surface area contributed by atoms with E-state index in [0.717, 1.165) is 70.6 Å². The molecular weight excluding hydrogens is 611 g/mol. The van der Waals surface area contributed by atoms with Crippen LogP contribution in [0.3, 0.4) is 0 Å². The van der Waals surface area contributed by atoms with Crippen LogP contribution in [0.2, 0.25) is 0 Å². The summed E-state index contributed by atoms with van der Waals surface area (Å²) in [5.41, 5.74) is 0. The Morgan fingerprint density at radius 1 is 0.766 bits per heavy atom. The zero-order valence-corrected chi connectivity index (χ0v) is 31.1. The average molecular weight is 679 g/mol. The second-order valence-electron chi connectivity index (χ2n) is 12.8. The summed E-state index contributed by atoms with van der Waals surface area (Å²) in [6, 6.07) is -0.925. The highest BCUT2D eigenvalue weighted by atomic mass is 31.2. The first-order valence-corrected chi connectivity index (χ1v) is 19.3. The van der Waals surface area contributed by atoms with E-state index in [1.807, 2.05) is 27.2 Å². The Morgan fingerprint density at radius 3 is 1.94 bits per heavy atom. The van der Waals surface area contributed by atoms with Gasteiger partial charge in [0.25, 0.3) is 7.82 Å². The summed E-state index contributed by atoms with van der Waals surface area (Å²) in [5.74, 6) is -0.248. The van der Waals surface area contributed by atoms with Crippen molar-refractivity contribution < 1.29 is 32.9 Å². The smallest absolute Gasteiger partial charge is 0.268 e. The first-order chi connectivity index (χ1) is 22.5. The van der Waals surface area contributed by atoms with Crippen LogP contribution in [0.15, 0.2) is 72.9 Å². The van der Waals surface area contributed by atoms with Gasteiger partial charge in [0.2, 0.25) is 5.91 Å². The van der Waals surface area contributed by atoms with E-state index in [-0.39, 0.29) is 18.9 Å². The molecule has 0 bridgehead atoms. The number of quaternary nitrogens is 1. The molecule has 0 aromatic rings. The summed E-state index contributed by atoms with van der Waals surface area (Å²) in [7, 11) is 1.19. The Bertz CT molecular complexity index is 997. The molecule has 0 saturated heterocycles. The van der Waals surface area contributed by atoms with Crippen LogP contribution < -0.4 is 10.2 Å². The molecule has 0 spiro atoms. The summed E-state index contributed by atoms with van der Waals surface area (Å²) < 4.78 is 23.0. The van der Waals surface area contributed by atoms with Gasteiger partial charge in [-0.15, -0.1) is 0 Å². The first-order valence-electron chi connectivity index (χ1n) is 17.8. The maximum absolute atomic E-state index is 12.7. The number of hydrogen-bond acceptors (Lipinski definition) is 6. The van der Waals surface area contributed by atoms with Crippen molar-refractivity contribution in [2.45, 2.75) is 122 Å². The number of allylic oxidation sites excluding steroid dienone is 11. The minimum Gasteiger partial charge on any atom is -0.756 e. The quantitative estimate of drug-likeness (QED) is 0.0343. The van der Waals surface area contributed by atoms with E-state index in [1.165, 1.54) is 12.8 Å². The number of phosphoric acid groups is 1. The summed E-state index contributed by atoms with van der Waals surface area (Å²) in [5, 5.41) is 13.6. The Hall–Kier alpha value is -2.06. The maximum Gasteiger partial charge on any atom is 0.268 e. The van der Waals surface area contributed by atoms with Crippen LogP contribution in [0.25, 0.3) is 0 Å². The number of carbonyl (C=O) groups excluding carboxylic acids is 1. The lowest BCUT2D eigenvalue weighted by Gasteiger charge is -2.29. The standard InChI is InChI=1S/C38H67N2O6P/c1-6-8-10-12-14-16-18-20-22-24-26-28-30-32-38(42)39-36(35-46-47(43,44)45-34-33-40(3,4)5)37(41)31-29-27-25-23-21-19-17-15-13-11-9-7-2/h8,10,13-16,20-23,29,31,36-37,41H,6-7,9,11-12,17-19,24-28,30,32-35H2,1-5H3,(H-,39,42,43,44)/b10-8-,15-13+,16-14-,22-20-,23-21+,31-29+. The number of amides is 1. The molecule has 0 saturated carbocycles. The number of rotatable bonds is 30. The molecule has 0 aliphatic carbocycles. The van der Waals surface area contributed by atoms with Crippen molar-refractivity contribution in [2.75, 3.05) is 40.9 Å². The minimum absolute atomic E-state index is 0.0189. The number of nitrogens with one attached hydrogen (secondary N) is 1. The molecule has 47 heavy (non-hydrogen) atoms. The normalized spacial score (nSPS) is 15.6. The highest BCUT2D eigenvalue weighted by molar-refractivity contribution is 7.45. The Morgan fingerprint density at radius 2 is 1.32 bits per heavy atom. The second-order valence-corrected chi connectivity index (χ2v) is 14.2. The molecule has 0 rings (SSSR count). The van der Waals surface area contributed by atoms with E-state index in [4.69, 9.17) is 9.05 Å². The topological polar surface area (TPSA) is 108 Å². The SMILES string of the molecule is CC/C=C\C/C=C\C/C=C\CCCCCC(=O)NC(COP(=O)([O-])OCC[N+](C)(C)C)C(O)/C=C/CC/C=C/CC/C=C/CCCC. The van der Waals surface area contributed by atoms with Gasteiger partial charge in [-0.3, -0.25) is 9.36 Å². The predicted molar refractivity (Wildman–Crippen MR) is 196 cm³/mol. The molecular formula is C38H67N2O6P. The van der Waals surface area contributed by atoms with E-state index in [2.05, 4.69) is 79.9 Å². The number of unbranched alkanes of at least 4 members (excludes halogenated alkanes) is 7. The molecule has 1 amide bonds. The number of phosphoric ester groups is 1. The number of likely N-dealkylation sites (N-methyl/N-ethyl adjacent to an activating group) is 1. The molecule has 0 aliphatic heterocycles. The Labute approximate surface area is 287 Å². The van der Waals surface area contributed by atoms with Gasteiger partial charge in [0, 0.05) is 6.42 Å². The molecule has 0 heterocycles. The molecule has 0 aliphatic rings. The van der Waals surface area contributed by atoms with Crippen molar-refractivity contribution >= 4 is 13.7 Å². The van der Waals surface area contributed by atoms with E-state index in [9.17, 15) is 19.4 Å². The van der Waals surface area contributed by atoms with Gasteiger partial charge in [0.05, 0.1) is 39.9 Å².